The van der Waals surface area contributed by atoms with Crippen LogP contribution in [0.2, 0.25) is 0 Å². The first-order valence-corrected chi connectivity index (χ1v) is 6.93. The predicted molar refractivity (Wildman–Crippen MR) is 82.1 cm³/mol. The number of methoxy groups -OCH3 is 1. The average Bonchev–Trinajstić information content (AvgIpc) is 2.35. The third kappa shape index (κ3) is 6.29. The van der Waals surface area contributed by atoms with Gasteiger partial charge in [0.2, 0.25) is 11.8 Å². The molecule has 0 aromatic heterocycles. The van der Waals surface area contributed by atoms with Crippen molar-refractivity contribution < 1.29 is 14.3 Å². The molecule has 1 unspecified atom stereocenters. The van der Waals surface area contributed by atoms with Crippen LogP contribution in [-0.4, -0.2) is 24.5 Å². The lowest BCUT2D eigenvalue weighted by Gasteiger charge is -2.23. The summed E-state index contributed by atoms with van der Waals surface area (Å²) in [6.07, 6.45) is 0.198. The Morgan fingerprint density at radius 2 is 1.76 bits per heavy atom. The van der Waals surface area contributed by atoms with Crippen LogP contribution in [0.3, 0.4) is 0 Å². The lowest BCUT2D eigenvalue weighted by molar-refractivity contribution is -0.123. The molecule has 1 rings (SSSR count). The molecule has 0 aliphatic heterocycles. The number of hydrogen-bond acceptors (Lipinski definition) is 3. The van der Waals surface area contributed by atoms with E-state index in [4.69, 9.17) is 4.74 Å². The van der Waals surface area contributed by atoms with E-state index in [1.165, 1.54) is 6.92 Å². The first-order valence-electron chi connectivity index (χ1n) is 6.93. The Labute approximate surface area is 126 Å². The fourth-order valence-electron chi connectivity index (χ4n) is 1.99. The van der Waals surface area contributed by atoms with Crippen molar-refractivity contribution in [2.45, 2.75) is 45.7 Å². The molecule has 0 heterocycles. The maximum Gasteiger partial charge on any atom is 0.222 e. The molecule has 0 fully saturated rings. The van der Waals surface area contributed by atoms with Crippen LogP contribution in [0.25, 0.3) is 0 Å². The zero-order chi connectivity index (χ0) is 16.0. The molecule has 0 aliphatic carbocycles. The summed E-state index contributed by atoms with van der Waals surface area (Å²) in [5, 5.41) is 5.71. The molecule has 1 aromatic rings. The molecule has 1 atom stereocenters. The van der Waals surface area contributed by atoms with Gasteiger partial charge in [0.25, 0.3) is 0 Å². The van der Waals surface area contributed by atoms with Crippen LogP contribution < -0.4 is 15.4 Å². The minimum Gasteiger partial charge on any atom is -0.497 e. The molecular formula is C16H24N2O3. The number of ether oxygens (including phenoxy) is 1. The van der Waals surface area contributed by atoms with E-state index in [9.17, 15) is 9.59 Å². The highest BCUT2D eigenvalue weighted by molar-refractivity contribution is 5.79. The smallest absolute Gasteiger partial charge is 0.222 e. The van der Waals surface area contributed by atoms with Crippen molar-refractivity contribution in [3.63, 3.8) is 0 Å². The molecule has 0 bridgehead atoms. The molecular weight excluding hydrogens is 268 g/mol. The van der Waals surface area contributed by atoms with Crippen molar-refractivity contribution in [3.05, 3.63) is 29.8 Å². The number of benzene rings is 1. The zero-order valence-corrected chi connectivity index (χ0v) is 13.3. The standard InChI is InChI=1S/C16H24N2O3/c1-11(19)17-14(10-15(20)18-16(2,3)4)12-6-8-13(21-5)9-7-12/h6-9,14H,10H2,1-5H3,(H,17,19)(H,18,20). The molecule has 5 heteroatoms. The summed E-state index contributed by atoms with van der Waals surface area (Å²) >= 11 is 0. The second-order valence-corrected chi connectivity index (χ2v) is 6.03. The van der Waals surface area contributed by atoms with Crippen molar-refractivity contribution in [1.82, 2.24) is 10.6 Å². The fraction of sp³-hybridized carbons (Fsp3) is 0.500. The number of hydrogen-bond donors (Lipinski definition) is 2. The van der Waals surface area contributed by atoms with E-state index in [-0.39, 0.29) is 29.8 Å². The van der Waals surface area contributed by atoms with Gasteiger partial charge < -0.3 is 15.4 Å². The minimum absolute atomic E-state index is 0.0999. The van der Waals surface area contributed by atoms with E-state index in [0.717, 1.165) is 11.3 Å². The summed E-state index contributed by atoms with van der Waals surface area (Å²) in [5.41, 5.74) is 0.577. The molecule has 0 saturated carbocycles. The van der Waals surface area contributed by atoms with Crippen LogP contribution in [0.15, 0.2) is 24.3 Å². The lowest BCUT2D eigenvalue weighted by Crippen LogP contribution is -2.42. The Hall–Kier alpha value is -2.04. The summed E-state index contributed by atoms with van der Waals surface area (Å²) < 4.78 is 5.11. The second-order valence-electron chi connectivity index (χ2n) is 6.03. The van der Waals surface area contributed by atoms with E-state index in [1.807, 2.05) is 45.0 Å². The van der Waals surface area contributed by atoms with Crippen LogP contribution in [-0.2, 0) is 9.59 Å². The quantitative estimate of drug-likeness (QED) is 0.874. The molecule has 2 amide bonds. The zero-order valence-electron chi connectivity index (χ0n) is 13.3. The first-order chi connectivity index (χ1) is 9.71. The molecule has 5 nitrogen and oxygen atoms in total. The topological polar surface area (TPSA) is 67.4 Å². The highest BCUT2D eigenvalue weighted by Crippen LogP contribution is 2.20. The van der Waals surface area contributed by atoms with E-state index in [2.05, 4.69) is 10.6 Å². The van der Waals surface area contributed by atoms with Gasteiger partial charge in [0.1, 0.15) is 5.75 Å². The van der Waals surface area contributed by atoms with Crippen molar-refractivity contribution in [3.8, 4) is 5.75 Å². The predicted octanol–water partition coefficient (Wildman–Crippen LogP) is 2.18. The second kappa shape index (κ2) is 7.11. The summed E-state index contributed by atoms with van der Waals surface area (Å²) in [6.45, 7) is 7.21. The molecule has 2 N–H and O–H groups in total. The summed E-state index contributed by atoms with van der Waals surface area (Å²) in [7, 11) is 1.59. The maximum absolute atomic E-state index is 12.1. The molecule has 1 aromatic carbocycles. The number of carbonyl (C=O) groups excluding carboxylic acids is 2. The van der Waals surface area contributed by atoms with Crippen molar-refractivity contribution in [2.75, 3.05) is 7.11 Å². The Bertz CT molecular complexity index is 489. The van der Waals surface area contributed by atoms with Crippen LogP contribution in [0.4, 0.5) is 0 Å². The van der Waals surface area contributed by atoms with E-state index in [0.29, 0.717) is 0 Å². The number of amides is 2. The van der Waals surface area contributed by atoms with E-state index >= 15 is 0 Å². The van der Waals surface area contributed by atoms with Gasteiger partial charge in [0.05, 0.1) is 19.6 Å². The van der Waals surface area contributed by atoms with E-state index < -0.39 is 0 Å². The van der Waals surface area contributed by atoms with Gasteiger partial charge in [0.15, 0.2) is 0 Å². The Morgan fingerprint density at radius 1 is 1.19 bits per heavy atom. The number of rotatable bonds is 5. The highest BCUT2D eigenvalue weighted by Gasteiger charge is 2.20. The summed E-state index contributed by atoms with van der Waals surface area (Å²) in [4.78, 5) is 23.4. The van der Waals surface area contributed by atoms with Gasteiger partial charge in [-0.2, -0.15) is 0 Å². The number of nitrogens with one attached hydrogen (secondary N) is 2. The van der Waals surface area contributed by atoms with Crippen molar-refractivity contribution >= 4 is 11.8 Å². The van der Waals surface area contributed by atoms with Gasteiger partial charge in [-0.1, -0.05) is 12.1 Å². The van der Waals surface area contributed by atoms with Gasteiger partial charge in [-0.15, -0.1) is 0 Å². The average molecular weight is 292 g/mol. The normalized spacial score (nSPS) is 12.4. The highest BCUT2D eigenvalue weighted by atomic mass is 16.5. The molecule has 0 saturated heterocycles. The molecule has 0 radical (unpaired) electrons. The maximum atomic E-state index is 12.1. The lowest BCUT2D eigenvalue weighted by atomic mass is 10.0. The monoisotopic (exact) mass is 292 g/mol. The van der Waals surface area contributed by atoms with E-state index in [1.54, 1.807) is 7.11 Å². The van der Waals surface area contributed by atoms with Crippen LogP contribution in [0, 0.1) is 0 Å². The number of carbonyl (C=O) groups is 2. The van der Waals surface area contributed by atoms with Crippen LogP contribution in [0.1, 0.15) is 45.7 Å². The molecule has 116 valence electrons. The Kier molecular flexibility index (Phi) is 5.76. The van der Waals surface area contributed by atoms with Gasteiger partial charge in [-0.05, 0) is 38.5 Å². The van der Waals surface area contributed by atoms with Crippen LogP contribution >= 0.6 is 0 Å². The first kappa shape index (κ1) is 17.0. The SMILES string of the molecule is COc1ccc(C(CC(=O)NC(C)(C)C)NC(C)=O)cc1. The van der Waals surface area contributed by atoms with Crippen molar-refractivity contribution in [2.24, 2.45) is 0 Å². The largest absolute Gasteiger partial charge is 0.497 e. The fourth-order valence-corrected chi connectivity index (χ4v) is 1.99. The molecule has 21 heavy (non-hydrogen) atoms. The third-order valence-corrected chi connectivity index (χ3v) is 2.80. The molecule has 0 aliphatic rings. The Balaban J connectivity index is 2.84. The third-order valence-electron chi connectivity index (χ3n) is 2.80. The Morgan fingerprint density at radius 3 is 2.19 bits per heavy atom. The van der Waals surface area contributed by atoms with Gasteiger partial charge in [-0.3, -0.25) is 9.59 Å². The minimum atomic E-state index is -0.351. The van der Waals surface area contributed by atoms with Gasteiger partial charge in [0, 0.05) is 12.5 Å². The van der Waals surface area contributed by atoms with Gasteiger partial charge >= 0.3 is 0 Å². The van der Waals surface area contributed by atoms with Gasteiger partial charge in [-0.25, -0.2) is 0 Å². The summed E-state index contributed by atoms with van der Waals surface area (Å²) in [5.74, 6) is 0.468. The molecule has 0 spiro atoms. The van der Waals surface area contributed by atoms with Crippen molar-refractivity contribution in [1.29, 1.82) is 0 Å². The van der Waals surface area contributed by atoms with Crippen LogP contribution in [0.5, 0.6) is 5.75 Å². The summed E-state index contributed by atoms with van der Waals surface area (Å²) in [6, 6.07) is 6.97.